The SMILES string of the molecule is CC.CCC[C@H]1CC[C@@H]2[C@@H](C1)C[C@@H]1C(=O)O[C@H](C)[C@@]1(C)[C@H]2/C=C/C(C)=C/C=C(\CC)c1cccc(F)c1.CCOC=O.[HH]. The van der Waals surface area contributed by atoms with Gasteiger partial charge in [-0.1, -0.05) is 95.9 Å². The zero-order valence-electron chi connectivity index (χ0n) is 27.3. The normalized spacial score (nSPS) is 30.6. The molecule has 1 aromatic carbocycles. The van der Waals surface area contributed by atoms with Crippen LogP contribution >= 0.6 is 0 Å². The molecule has 1 aliphatic heterocycles. The zero-order chi connectivity index (χ0) is 31.3. The topological polar surface area (TPSA) is 52.6 Å². The van der Waals surface area contributed by atoms with Crippen molar-refractivity contribution >= 4 is 18.0 Å². The molecular formula is C37H57FO4. The molecule has 1 saturated heterocycles. The minimum atomic E-state index is -0.201. The van der Waals surface area contributed by atoms with Gasteiger partial charge in [-0.25, -0.2) is 4.39 Å². The van der Waals surface area contributed by atoms with Crippen LogP contribution < -0.4 is 0 Å². The molecule has 0 radical (unpaired) electrons. The Morgan fingerprint density at radius 3 is 2.50 bits per heavy atom. The van der Waals surface area contributed by atoms with E-state index in [1.54, 1.807) is 19.1 Å². The summed E-state index contributed by atoms with van der Waals surface area (Å²) in [6, 6.07) is 6.82. The molecule has 4 rings (SSSR count). The van der Waals surface area contributed by atoms with Gasteiger partial charge in [-0.3, -0.25) is 9.59 Å². The van der Waals surface area contributed by atoms with Gasteiger partial charge < -0.3 is 9.47 Å². The number of hydrogen-bond donors (Lipinski definition) is 0. The zero-order valence-corrected chi connectivity index (χ0v) is 27.3. The first-order valence-electron chi connectivity index (χ1n) is 16.3. The molecule has 1 aromatic rings. The molecule has 5 heteroatoms. The second-order valence-corrected chi connectivity index (χ2v) is 12.0. The molecule has 7 atom stereocenters. The van der Waals surface area contributed by atoms with Gasteiger partial charge >= 0.3 is 5.97 Å². The van der Waals surface area contributed by atoms with E-state index in [4.69, 9.17) is 4.74 Å². The monoisotopic (exact) mass is 584 g/mol. The Balaban J connectivity index is 0.00000105. The van der Waals surface area contributed by atoms with E-state index in [9.17, 15) is 14.0 Å². The molecule has 0 bridgehead atoms. The first-order chi connectivity index (χ1) is 20.2. The van der Waals surface area contributed by atoms with Gasteiger partial charge in [0.1, 0.15) is 11.9 Å². The van der Waals surface area contributed by atoms with Gasteiger partial charge in [-0.15, -0.1) is 0 Å². The largest absolute Gasteiger partial charge is 0.468 e. The summed E-state index contributed by atoms with van der Waals surface area (Å²) in [6.45, 7) is 17.6. The minimum absolute atomic E-state index is 0. The van der Waals surface area contributed by atoms with Crippen molar-refractivity contribution in [2.24, 2.45) is 35.0 Å². The number of benzene rings is 1. The van der Waals surface area contributed by atoms with Crippen molar-refractivity contribution in [3.63, 3.8) is 0 Å². The summed E-state index contributed by atoms with van der Waals surface area (Å²) in [5.41, 5.74) is 3.09. The summed E-state index contributed by atoms with van der Waals surface area (Å²) in [5, 5.41) is 0. The Kier molecular flexibility index (Phi) is 14.7. The Morgan fingerprint density at radius 2 is 1.90 bits per heavy atom. The number of ether oxygens (including phenoxy) is 2. The third-order valence-corrected chi connectivity index (χ3v) is 9.69. The van der Waals surface area contributed by atoms with Crippen LogP contribution in [0, 0.1) is 40.8 Å². The number of esters is 1. The lowest BCUT2D eigenvalue weighted by molar-refractivity contribution is -0.144. The molecule has 2 saturated carbocycles. The van der Waals surface area contributed by atoms with E-state index in [2.05, 4.69) is 63.7 Å². The molecule has 4 nitrogen and oxygen atoms in total. The van der Waals surface area contributed by atoms with Gasteiger partial charge in [-0.2, -0.15) is 0 Å². The number of fused-ring (bicyclic) bond motifs is 2. The molecule has 3 aliphatic rings. The van der Waals surface area contributed by atoms with Gasteiger partial charge in [0, 0.05) is 6.84 Å². The number of rotatable bonds is 9. The van der Waals surface area contributed by atoms with Gasteiger partial charge in [0.15, 0.2) is 0 Å². The number of halogens is 1. The van der Waals surface area contributed by atoms with Crippen LogP contribution in [0.15, 0.2) is 54.1 Å². The highest BCUT2D eigenvalue weighted by Gasteiger charge is 2.61. The Morgan fingerprint density at radius 1 is 1.17 bits per heavy atom. The fraction of sp³-hybridized carbons (Fsp3) is 0.622. The number of carbonyl (C=O) groups is 2. The summed E-state index contributed by atoms with van der Waals surface area (Å²) >= 11 is 0. The maximum absolute atomic E-state index is 13.7. The van der Waals surface area contributed by atoms with Crippen molar-refractivity contribution in [3.8, 4) is 0 Å². The van der Waals surface area contributed by atoms with Crippen LogP contribution in [0.3, 0.4) is 0 Å². The molecule has 0 spiro atoms. The molecule has 0 aromatic heterocycles. The third kappa shape index (κ3) is 8.67. The first kappa shape index (κ1) is 35.5. The lowest BCUT2D eigenvalue weighted by Gasteiger charge is -2.53. The van der Waals surface area contributed by atoms with Crippen LogP contribution in [0.4, 0.5) is 4.39 Å². The predicted molar refractivity (Wildman–Crippen MR) is 173 cm³/mol. The fourth-order valence-corrected chi connectivity index (χ4v) is 7.40. The predicted octanol–water partition coefficient (Wildman–Crippen LogP) is 9.99. The highest BCUT2D eigenvalue weighted by Crippen LogP contribution is 2.61. The number of hydrogen-bond acceptors (Lipinski definition) is 4. The molecular weight excluding hydrogens is 527 g/mol. The van der Waals surface area contributed by atoms with Crippen LogP contribution in [0.25, 0.3) is 5.57 Å². The van der Waals surface area contributed by atoms with E-state index in [1.807, 2.05) is 19.9 Å². The van der Waals surface area contributed by atoms with Crippen molar-refractivity contribution in [2.45, 2.75) is 106 Å². The Labute approximate surface area is 256 Å². The molecule has 0 N–H and O–H groups in total. The van der Waals surface area contributed by atoms with Crippen LogP contribution in [0.1, 0.15) is 107 Å². The molecule has 1 heterocycles. The van der Waals surface area contributed by atoms with Crippen molar-refractivity contribution in [1.29, 1.82) is 0 Å². The van der Waals surface area contributed by atoms with Crippen molar-refractivity contribution in [3.05, 3.63) is 65.5 Å². The van der Waals surface area contributed by atoms with E-state index >= 15 is 0 Å². The Hall–Kier alpha value is -2.69. The lowest BCUT2D eigenvalue weighted by Crippen LogP contribution is -2.51. The lowest BCUT2D eigenvalue weighted by atomic mass is 9.50. The van der Waals surface area contributed by atoms with Crippen LogP contribution in [-0.4, -0.2) is 25.2 Å². The second-order valence-electron chi connectivity index (χ2n) is 12.0. The highest BCUT2D eigenvalue weighted by molar-refractivity contribution is 5.76. The first-order valence-corrected chi connectivity index (χ1v) is 16.3. The van der Waals surface area contributed by atoms with E-state index in [-0.39, 0.29) is 30.7 Å². The quantitative estimate of drug-likeness (QED) is 0.165. The van der Waals surface area contributed by atoms with Gasteiger partial charge in [0.2, 0.25) is 0 Å². The van der Waals surface area contributed by atoms with Gasteiger partial charge in [0.05, 0.1) is 12.5 Å². The van der Waals surface area contributed by atoms with E-state index in [0.29, 0.717) is 30.8 Å². The number of carbonyl (C=O) groups excluding carboxylic acids is 2. The van der Waals surface area contributed by atoms with Crippen LogP contribution in [0.2, 0.25) is 0 Å². The summed E-state index contributed by atoms with van der Waals surface area (Å²) in [7, 11) is 0. The maximum atomic E-state index is 13.7. The average molecular weight is 585 g/mol. The van der Waals surface area contributed by atoms with Gasteiger partial charge in [-0.05, 0) is 93.4 Å². The summed E-state index contributed by atoms with van der Waals surface area (Å²) in [4.78, 5) is 22.0. The number of allylic oxidation sites excluding steroid dienone is 6. The summed E-state index contributed by atoms with van der Waals surface area (Å²) in [6.07, 6.45) is 17.1. The van der Waals surface area contributed by atoms with E-state index in [0.717, 1.165) is 29.9 Å². The van der Waals surface area contributed by atoms with Crippen molar-refractivity contribution in [1.82, 2.24) is 0 Å². The van der Waals surface area contributed by atoms with Crippen LogP contribution in [-0.2, 0) is 19.1 Å². The van der Waals surface area contributed by atoms with Crippen LogP contribution in [0.5, 0.6) is 0 Å². The highest BCUT2D eigenvalue weighted by atomic mass is 19.1. The molecule has 0 amide bonds. The molecule has 2 aliphatic carbocycles. The third-order valence-electron chi connectivity index (χ3n) is 9.69. The van der Waals surface area contributed by atoms with Gasteiger partial charge in [0.25, 0.3) is 6.47 Å². The Bertz CT molecular complexity index is 1100. The van der Waals surface area contributed by atoms with Crippen molar-refractivity contribution in [2.75, 3.05) is 6.61 Å². The minimum Gasteiger partial charge on any atom is -0.468 e. The number of cyclic esters (lactones) is 1. The molecule has 236 valence electrons. The standard InChI is InChI=1S/C32H43FO2.C3H6O2.C2H6.H2/c1-6-9-23-14-16-28-26(18-23)20-30-31(34)35-22(4)32(30,5)29(28)17-13-21(3)12-15-24(7-2)25-10-8-11-27(33)19-25;1-2-5-3-4;1-2;/h8,10-13,15,17,19,22-23,26,28-30H,6-7,9,14,16,18,20H2,1-5H3;3H,2H2,1H3;1-2H3;1H/b17-13+,21-12+,24-15+;;;/t22-,23+,26+,28-,29+,30-,32+;;;/m1.../s1. The molecule has 0 unspecified atom stereocenters. The van der Waals surface area contributed by atoms with E-state index in [1.165, 1.54) is 43.7 Å². The van der Waals surface area contributed by atoms with Crippen molar-refractivity contribution < 1.29 is 24.9 Å². The smallest absolute Gasteiger partial charge is 0.309 e. The van der Waals surface area contributed by atoms with E-state index < -0.39 is 0 Å². The molecule has 42 heavy (non-hydrogen) atoms. The molecule has 3 fully saturated rings. The fourth-order valence-electron chi connectivity index (χ4n) is 7.40. The maximum Gasteiger partial charge on any atom is 0.309 e. The average Bonchev–Trinajstić information content (AvgIpc) is 3.20. The summed E-state index contributed by atoms with van der Waals surface area (Å²) in [5.74, 6) is 2.23. The second kappa shape index (κ2) is 17.4. The summed E-state index contributed by atoms with van der Waals surface area (Å²) < 4.78 is 23.7.